The van der Waals surface area contributed by atoms with Gasteiger partial charge in [-0.05, 0) is 49.6 Å². The molecule has 11 heteroatoms. The fourth-order valence-electron chi connectivity index (χ4n) is 3.99. The molecule has 0 saturated heterocycles. The average Bonchev–Trinajstić information content (AvgIpc) is 3.27. The number of H-pyrrole nitrogens is 1. The van der Waals surface area contributed by atoms with Crippen molar-refractivity contribution in [3.63, 3.8) is 0 Å². The van der Waals surface area contributed by atoms with E-state index in [1.54, 1.807) is 31.6 Å². The Balaban J connectivity index is 1.81. The summed E-state index contributed by atoms with van der Waals surface area (Å²) >= 11 is 0. The Morgan fingerprint density at radius 1 is 1.06 bits per heavy atom. The molecular formula is C23H21N9O2. The van der Waals surface area contributed by atoms with Gasteiger partial charge < -0.3 is 16.8 Å². The minimum atomic E-state index is -0.804. The monoisotopic (exact) mass is 455 g/mol. The van der Waals surface area contributed by atoms with E-state index in [-0.39, 0.29) is 22.3 Å². The second-order valence-corrected chi connectivity index (χ2v) is 8.09. The maximum atomic E-state index is 13.7. The number of aromatic amines is 1. The summed E-state index contributed by atoms with van der Waals surface area (Å²) < 4.78 is 1.30. The van der Waals surface area contributed by atoms with Gasteiger partial charge in [-0.25, -0.2) is 15.0 Å². The summed E-state index contributed by atoms with van der Waals surface area (Å²) in [5.74, 6) is -0.203. The summed E-state index contributed by atoms with van der Waals surface area (Å²) in [4.78, 5) is 39.2. The predicted molar refractivity (Wildman–Crippen MR) is 129 cm³/mol. The smallest absolute Gasteiger partial charge is 0.266 e. The molecule has 0 bridgehead atoms. The number of aromatic nitrogens is 6. The van der Waals surface area contributed by atoms with Crippen molar-refractivity contribution in [2.45, 2.75) is 20.8 Å². The van der Waals surface area contributed by atoms with E-state index < -0.39 is 11.5 Å². The van der Waals surface area contributed by atoms with Gasteiger partial charge in [0.05, 0.1) is 28.3 Å². The van der Waals surface area contributed by atoms with E-state index in [4.69, 9.17) is 11.5 Å². The van der Waals surface area contributed by atoms with Crippen molar-refractivity contribution in [3.05, 3.63) is 69.4 Å². The number of pyridine rings is 2. The molecule has 0 fully saturated rings. The second kappa shape index (κ2) is 7.66. The highest BCUT2D eigenvalue weighted by Crippen LogP contribution is 2.30. The number of fused-ring (bicyclic) bond motifs is 2. The maximum Gasteiger partial charge on any atom is 0.266 e. The molecular weight excluding hydrogens is 434 g/mol. The van der Waals surface area contributed by atoms with E-state index in [0.717, 1.165) is 16.6 Å². The van der Waals surface area contributed by atoms with Gasteiger partial charge in [0.2, 0.25) is 5.95 Å². The Morgan fingerprint density at radius 2 is 1.79 bits per heavy atom. The summed E-state index contributed by atoms with van der Waals surface area (Å²) in [6.07, 6.45) is 4.93. The Morgan fingerprint density at radius 3 is 2.50 bits per heavy atom. The molecule has 0 unspecified atom stereocenters. The van der Waals surface area contributed by atoms with Crippen LogP contribution in [0.15, 0.2) is 41.6 Å². The summed E-state index contributed by atoms with van der Waals surface area (Å²) in [5.41, 5.74) is 15.3. The van der Waals surface area contributed by atoms with Gasteiger partial charge in [0.15, 0.2) is 0 Å². The first-order chi connectivity index (χ1) is 16.3. The highest BCUT2D eigenvalue weighted by Gasteiger charge is 2.24. The first-order valence-corrected chi connectivity index (χ1v) is 10.4. The van der Waals surface area contributed by atoms with E-state index >= 15 is 0 Å². The molecule has 1 amide bonds. The lowest BCUT2D eigenvalue weighted by atomic mass is 10.1. The Kier molecular flexibility index (Phi) is 4.74. The number of nitrogens with one attached hydrogen (secondary N) is 2. The van der Waals surface area contributed by atoms with Crippen molar-refractivity contribution in [1.29, 1.82) is 0 Å². The number of rotatable bonds is 4. The van der Waals surface area contributed by atoms with Crippen molar-refractivity contribution >= 4 is 45.3 Å². The average molecular weight is 455 g/mol. The lowest BCUT2D eigenvalue weighted by molar-refractivity contribution is 0.100. The maximum absolute atomic E-state index is 13.7. The van der Waals surface area contributed by atoms with Crippen LogP contribution in [0.2, 0.25) is 0 Å². The van der Waals surface area contributed by atoms with E-state index in [2.05, 4.69) is 30.5 Å². The van der Waals surface area contributed by atoms with Crippen molar-refractivity contribution in [3.8, 4) is 5.69 Å². The molecule has 170 valence electrons. The van der Waals surface area contributed by atoms with Crippen molar-refractivity contribution < 1.29 is 4.79 Å². The van der Waals surface area contributed by atoms with Crippen LogP contribution in [-0.2, 0) is 0 Å². The fourth-order valence-corrected chi connectivity index (χ4v) is 3.99. The first kappa shape index (κ1) is 21.1. The topological polar surface area (TPSA) is 170 Å². The van der Waals surface area contributed by atoms with Gasteiger partial charge in [0, 0.05) is 17.8 Å². The molecule has 0 radical (unpaired) electrons. The first-order valence-electron chi connectivity index (χ1n) is 10.4. The van der Waals surface area contributed by atoms with Crippen LogP contribution in [0.25, 0.3) is 27.5 Å². The predicted octanol–water partition coefficient (Wildman–Crippen LogP) is 2.40. The molecule has 11 nitrogen and oxygen atoms in total. The molecule has 4 aromatic heterocycles. The summed E-state index contributed by atoms with van der Waals surface area (Å²) in [6.45, 7) is 5.51. The van der Waals surface area contributed by atoms with Gasteiger partial charge in [-0.3, -0.25) is 19.3 Å². The SMILES string of the molecule is Cc1cnc(Nc2nc3c(C(N)=O)c(N)n(-c4c(C)ccc5[nH]ncc45)c(=O)c3cc2C)nc1. The van der Waals surface area contributed by atoms with Crippen LogP contribution in [0, 0.1) is 20.8 Å². The van der Waals surface area contributed by atoms with Gasteiger partial charge in [0.25, 0.3) is 11.5 Å². The number of primary amides is 1. The zero-order valence-corrected chi connectivity index (χ0v) is 18.7. The summed E-state index contributed by atoms with van der Waals surface area (Å²) in [6, 6.07) is 5.34. The molecule has 0 spiro atoms. The van der Waals surface area contributed by atoms with Gasteiger partial charge >= 0.3 is 0 Å². The molecule has 0 aliphatic heterocycles. The number of hydrogen-bond donors (Lipinski definition) is 4. The lowest BCUT2D eigenvalue weighted by Crippen LogP contribution is -2.28. The van der Waals surface area contributed by atoms with Gasteiger partial charge in [-0.1, -0.05) is 6.07 Å². The van der Waals surface area contributed by atoms with Crippen molar-refractivity contribution in [2.24, 2.45) is 5.73 Å². The van der Waals surface area contributed by atoms with Crippen LogP contribution in [-0.4, -0.2) is 35.6 Å². The third-order valence-corrected chi connectivity index (χ3v) is 5.66. The highest BCUT2D eigenvalue weighted by molar-refractivity contribution is 6.09. The largest absolute Gasteiger partial charge is 0.384 e. The van der Waals surface area contributed by atoms with Gasteiger partial charge in [-0.2, -0.15) is 5.10 Å². The number of nitrogen functional groups attached to an aromatic ring is 1. The van der Waals surface area contributed by atoms with Crippen LogP contribution in [0.4, 0.5) is 17.6 Å². The zero-order valence-electron chi connectivity index (χ0n) is 18.7. The number of nitrogens with two attached hydrogens (primary N) is 2. The zero-order chi connectivity index (χ0) is 24.1. The van der Waals surface area contributed by atoms with E-state index in [9.17, 15) is 9.59 Å². The number of carbonyl (C=O) groups is 1. The van der Waals surface area contributed by atoms with E-state index in [1.165, 1.54) is 4.57 Å². The van der Waals surface area contributed by atoms with Crippen LogP contribution in [0.1, 0.15) is 27.0 Å². The quantitative estimate of drug-likeness (QED) is 0.320. The number of amides is 1. The lowest BCUT2D eigenvalue weighted by Gasteiger charge is -2.18. The third-order valence-electron chi connectivity index (χ3n) is 5.66. The second-order valence-electron chi connectivity index (χ2n) is 8.09. The molecule has 4 heterocycles. The Hall–Kier alpha value is -4.80. The Labute approximate surface area is 192 Å². The number of aryl methyl sites for hydroxylation is 3. The molecule has 1 aromatic carbocycles. The summed E-state index contributed by atoms with van der Waals surface area (Å²) in [7, 11) is 0. The van der Waals surface area contributed by atoms with Crippen LogP contribution < -0.4 is 22.3 Å². The molecule has 5 rings (SSSR count). The third kappa shape index (κ3) is 3.22. The van der Waals surface area contributed by atoms with Gasteiger partial charge in [-0.15, -0.1) is 0 Å². The van der Waals surface area contributed by atoms with E-state index in [0.29, 0.717) is 28.4 Å². The van der Waals surface area contributed by atoms with Crippen LogP contribution in [0.3, 0.4) is 0 Å². The van der Waals surface area contributed by atoms with E-state index in [1.807, 2.05) is 26.0 Å². The van der Waals surface area contributed by atoms with Crippen molar-refractivity contribution in [1.82, 2.24) is 29.7 Å². The Bertz CT molecular complexity index is 1670. The molecule has 34 heavy (non-hydrogen) atoms. The minimum Gasteiger partial charge on any atom is -0.384 e. The molecule has 0 aliphatic rings. The number of hydrogen-bond acceptors (Lipinski definition) is 8. The normalized spacial score (nSPS) is 11.3. The standard InChI is InChI=1S/C23H21N9O2/c1-10-7-26-23(27-8-10)30-21-12(3)6-13-17(29-21)16(20(25)33)19(24)32(22(13)34)18-11(2)4-5-15-14(18)9-28-31-15/h4-9H,24H2,1-3H3,(H2,25,33)(H,28,31)(H,26,27,29,30). The van der Waals surface area contributed by atoms with Crippen LogP contribution in [0.5, 0.6) is 0 Å². The highest BCUT2D eigenvalue weighted by atomic mass is 16.1. The summed E-state index contributed by atoms with van der Waals surface area (Å²) in [5, 5.41) is 10.9. The molecule has 0 saturated carbocycles. The number of anilines is 3. The molecule has 5 aromatic rings. The van der Waals surface area contributed by atoms with Crippen LogP contribution >= 0.6 is 0 Å². The van der Waals surface area contributed by atoms with Crippen molar-refractivity contribution in [2.75, 3.05) is 11.1 Å². The molecule has 0 aliphatic carbocycles. The number of nitrogens with zero attached hydrogens (tertiary/aromatic N) is 5. The number of benzene rings is 1. The molecule has 6 N–H and O–H groups in total. The molecule has 0 atom stereocenters. The fraction of sp³-hybridized carbons (Fsp3) is 0.130. The van der Waals surface area contributed by atoms with Gasteiger partial charge in [0.1, 0.15) is 17.2 Å². The number of carbonyl (C=O) groups excluding carboxylic acids is 1. The minimum absolute atomic E-state index is 0.0534.